The molecule has 0 aliphatic rings. The quantitative estimate of drug-likeness (QED) is 0.269. The number of rotatable bonds is 9. The Bertz CT molecular complexity index is 1310. The molecule has 0 saturated carbocycles. The molecule has 174 valence electrons. The van der Waals surface area contributed by atoms with Gasteiger partial charge in [0.05, 0.1) is 12.9 Å². The summed E-state index contributed by atoms with van der Waals surface area (Å²) in [5, 5.41) is 1.69. The van der Waals surface area contributed by atoms with E-state index >= 15 is 0 Å². The van der Waals surface area contributed by atoms with Gasteiger partial charge < -0.3 is 15.4 Å². The summed E-state index contributed by atoms with van der Waals surface area (Å²) >= 11 is 2.98. The average Bonchev–Trinajstić information content (AvgIpc) is 3.27. The third-order valence-electron chi connectivity index (χ3n) is 5.13. The summed E-state index contributed by atoms with van der Waals surface area (Å²) in [5.41, 5.74) is 7.14. The molecule has 2 aromatic heterocycles. The largest absolute Gasteiger partial charge is 0.497 e. The molecule has 2 N–H and O–H groups in total. The molecule has 0 aliphatic heterocycles. The predicted octanol–water partition coefficient (Wildman–Crippen LogP) is 4.68. The molecule has 4 rings (SSSR count). The first-order valence-electron chi connectivity index (χ1n) is 10.6. The summed E-state index contributed by atoms with van der Waals surface area (Å²) in [5.74, 6) is 0.904. The van der Waals surface area contributed by atoms with E-state index in [2.05, 4.69) is 28.2 Å². The number of carbonyl (C=O) groups excluding carboxylic acids is 2. The summed E-state index contributed by atoms with van der Waals surface area (Å²) in [6, 6.07) is 19.3. The number of aromatic nitrogens is 2. The lowest BCUT2D eigenvalue weighted by Gasteiger charge is -2.22. The molecule has 0 unspecified atom stereocenters. The Labute approximate surface area is 206 Å². The number of primary amides is 1. The van der Waals surface area contributed by atoms with Crippen LogP contribution in [0.25, 0.3) is 20.7 Å². The molecule has 7 nitrogen and oxygen atoms in total. The van der Waals surface area contributed by atoms with E-state index in [-0.39, 0.29) is 24.6 Å². The fraction of sp³-hybridized carbons (Fsp3) is 0.200. The van der Waals surface area contributed by atoms with Gasteiger partial charge in [-0.25, -0.2) is 9.97 Å². The number of nitrogens with zero attached hydrogens (tertiary/aromatic N) is 3. The monoisotopic (exact) mass is 492 g/mol. The van der Waals surface area contributed by atoms with Gasteiger partial charge in [0, 0.05) is 28.9 Å². The van der Waals surface area contributed by atoms with Crippen molar-refractivity contribution in [3.63, 3.8) is 0 Å². The average molecular weight is 493 g/mol. The lowest BCUT2D eigenvalue weighted by Crippen LogP contribution is -2.35. The van der Waals surface area contributed by atoms with E-state index in [0.29, 0.717) is 17.3 Å². The lowest BCUT2D eigenvalue weighted by atomic mass is 10.2. The summed E-state index contributed by atoms with van der Waals surface area (Å²) in [6.45, 7) is 2.06. The number of methoxy groups -OCH3 is 1. The molecule has 9 heteroatoms. The topological polar surface area (TPSA) is 98.4 Å². The standard InChI is InChI=1S/C25H24N4O3S2/c1-16-27-24(20-14-21(34-25(20)28-16)17-6-4-3-5-7-17)33-15-23(31)29(13-12-22(26)30)18-8-10-19(32-2)11-9-18/h3-11,14H,12-13,15H2,1-2H3,(H2,26,30). The Hall–Kier alpha value is -3.43. The van der Waals surface area contributed by atoms with E-state index in [1.54, 1.807) is 47.6 Å². The zero-order valence-corrected chi connectivity index (χ0v) is 20.5. The van der Waals surface area contributed by atoms with Crippen molar-refractivity contribution < 1.29 is 14.3 Å². The maximum absolute atomic E-state index is 13.2. The van der Waals surface area contributed by atoms with E-state index < -0.39 is 5.91 Å². The zero-order valence-electron chi connectivity index (χ0n) is 18.9. The number of anilines is 1. The Kier molecular flexibility index (Phi) is 7.44. The van der Waals surface area contributed by atoms with Crippen LogP contribution in [0.3, 0.4) is 0 Å². The highest BCUT2D eigenvalue weighted by Crippen LogP contribution is 2.36. The molecule has 0 bridgehead atoms. The van der Waals surface area contributed by atoms with E-state index in [0.717, 1.165) is 25.7 Å². The number of nitrogens with two attached hydrogens (primary N) is 1. The molecule has 0 atom stereocenters. The van der Waals surface area contributed by atoms with Crippen LogP contribution in [0.2, 0.25) is 0 Å². The Balaban J connectivity index is 1.57. The van der Waals surface area contributed by atoms with Crippen LogP contribution < -0.4 is 15.4 Å². The normalized spacial score (nSPS) is 10.9. The van der Waals surface area contributed by atoms with Gasteiger partial charge >= 0.3 is 0 Å². The van der Waals surface area contributed by atoms with Crippen molar-refractivity contribution in [1.29, 1.82) is 0 Å². The van der Waals surface area contributed by atoms with Crippen molar-refractivity contribution in [2.75, 3.05) is 24.3 Å². The highest BCUT2D eigenvalue weighted by atomic mass is 32.2. The maximum atomic E-state index is 13.2. The molecule has 0 fully saturated rings. The summed E-state index contributed by atoms with van der Waals surface area (Å²) in [6.07, 6.45) is 0.0737. The summed E-state index contributed by atoms with van der Waals surface area (Å²) in [7, 11) is 1.58. The third kappa shape index (κ3) is 5.55. The second-order valence-corrected chi connectivity index (χ2v) is 9.51. The van der Waals surface area contributed by atoms with Crippen LogP contribution in [0.1, 0.15) is 12.2 Å². The van der Waals surface area contributed by atoms with Crippen LogP contribution >= 0.6 is 23.1 Å². The first-order chi connectivity index (χ1) is 16.4. The molecule has 0 spiro atoms. The molecule has 2 aromatic carbocycles. The molecule has 2 heterocycles. The van der Waals surface area contributed by atoms with Gasteiger partial charge in [0.2, 0.25) is 11.8 Å². The summed E-state index contributed by atoms with van der Waals surface area (Å²) < 4.78 is 5.20. The Morgan fingerprint density at radius 3 is 2.50 bits per heavy atom. The minimum atomic E-state index is -0.459. The Morgan fingerprint density at radius 2 is 1.82 bits per heavy atom. The van der Waals surface area contributed by atoms with Gasteiger partial charge in [-0.2, -0.15) is 0 Å². The van der Waals surface area contributed by atoms with Crippen molar-refractivity contribution in [3.05, 3.63) is 66.5 Å². The minimum absolute atomic E-state index is 0.0737. The smallest absolute Gasteiger partial charge is 0.237 e. The van der Waals surface area contributed by atoms with Gasteiger partial charge in [0.1, 0.15) is 21.4 Å². The highest BCUT2D eigenvalue weighted by Gasteiger charge is 2.19. The van der Waals surface area contributed by atoms with Crippen LogP contribution in [-0.2, 0) is 9.59 Å². The molecule has 34 heavy (non-hydrogen) atoms. The number of fused-ring (bicyclic) bond motifs is 1. The lowest BCUT2D eigenvalue weighted by molar-refractivity contribution is -0.118. The second kappa shape index (κ2) is 10.7. The van der Waals surface area contributed by atoms with Crippen LogP contribution in [-0.4, -0.2) is 41.2 Å². The number of carbonyl (C=O) groups is 2. The zero-order chi connectivity index (χ0) is 24.1. The van der Waals surface area contributed by atoms with Crippen molar-refractivity contribution in [3.8, 4) is 16.2 Å². The van der Waals surface area contributed by atoms with Crippen molar-refractivity contribution in [1.82, 2.24) is 9.97 Å². The number of hydrogen-bond donors (Lipinski definition) is 1. The minimum Gasteiger partial charge on any atom is -0.497 e. The van der Waals surface area contributed by atoms with E-state index in [9.17, 15) is 9.59 Å². The van der Waals surface area contributed by atoms with Crippen LogP contribution in [0, 0.1) is 6.92 Å². The van der Waals surface area contributed by atoms with E-state index in [1.165, 1.54) is 11.8 Å². The van der Waals surface area contributed by atoms with Gasteiger partial charge in [0.25, 0.3) is 0 Å². The molecular formula is C25H24N4O3S2. The van der Waals surface area contributed by atoms with Gasteiger partial charge in [-0.15, -0.1) is 11.3 Å². The molecule has 0 saturated heterocycles. The number of thioether (sulfide) groups is 1. The number of hydrogen-bond acceptors (Lipinski definition) is 7. The number of ether oxygens (including phenoxy) is 1. The van der Waals surface area contributed by atoms with Crippen LogP contribution in [0.15, 0.2) is 65.7 Å². The highest BCUT2D eigenvalue weighted by molar-refractivity contribution is 8.00. The Morgan fingerprint density at radius 1 is 1.09 bits per heavy atom. The third-order valence-corrected chi connectivity index (χ3v) is 7.18. The maximum Gasteiger partial charge on any atom is 0.237 e. The number of benzene rings is 2. The fourth-order valence-electron chi connectivity index (χ4n) is 3.44. The molecule has 2 amide bonds. The van der Waals surface area contributed by atoms with Crippen LogP contribution in [0.4, 0.5) is 5.69 Å². The molecule has 0 aliphatic carbocycles. The van der Waals surface area contributed by atoms with Crippen molar-refractivity contribution in [2.24, 2.45) is 5.73 Å². The number of amides is 2. The van der Waals surface area contributed by atoms with Gasteiger partial charge in [-0.3, -0.25) is 9.59 Å². The first-order valence-corrected chi connectivity index (χ1v) is 12.4. The predicted molar refractivity (Wildman–Crippen MR) is 137 cm³/mol. The number of thiophene rings is 1. The van der Waals surface area contributed by atoms with Crippen LogP contribution in [0.5, 0.6) is 5.75 Å². The molecule has 4 aromatic rings. The van der Waals surface area contributed by atoms with E-state index in [1.807, 2.05) is 25.1 Å². The molecule has 0 radical (unpaired) electrons. The van der Waals surface area contributed by atoms with Crippen molar-refractivity contribution >= 4 is 50.8 Å². The number of aryl methyl sites for hydroxylation is 1. The first kappa shape index (κ1) is 23.7. The van der Waals surface area contributed by atoms with Gasteiger partial charge in [-0.05, 0) is 42.8 Å². The second-order valence-electron chi connectivity index (χ2n) is 7.52. The van der Waals surface area contributed by atoms with E-state index in [4.69, 9.17) is 10.5 Å². The summed E-state index contributed by atoms with van der Waals surface area (Å²) in [4.78, 5) is 37.4. The van der Waals surface area contributed by atoms with Gasteiger partial charge in [0.15, 0.2) is 0 Å². The SMILES string of the molecule is COc1ccc(N(CCC(N)=O)C(=O)CSc2nc(C)nc3sc(-c4ccccc4)cc23)cc1. The van der Waals surface area contributed by atoms with Crippen molar-refractivity contribution in [2.45, 2.75) is 18.4 Å². The molecular weight excluding hydrogens is 468 g/mol. The fourth-order valence-corrected chi connectivity index (χ4v) is 5.51. The van der Waals surface area contributed by atoms with Gasteiger partial charge in [-0.1, -0.05) is 42.1 Å².